The number of ether oxygens (including phenoxy) is 4. The molecule has 4 rings (SSSR count). The van der Waals surface area contributed by atoms with Crippen LogP contribution in [0.4, 0.5) is 5.69 Å². The van der Waals surface area contributed by atoms with Crippen LogP contribution >= 0.6 is 0 Å². The minimum absolute atomic E-state index is 0.0671. The van der Waals surface area contributed by atoms with Gasteiger partial charge in [-0.25, -0.2) is 4.79 Å². The predicted octanol–water partition coefficient (Wildman–Crippen LogP) is 4.55. The lowest BCUT2D eigenvalue weighted by atomic mass is 9.71. The van der Waals surface area contributed by atoms with E-state index < -0.39 is 16.8 Å². The maximum atomic E-state index is 13.8. The van der Waals surface area contributed by atoms with Crippen molar-refractivity contribution in [2.75, 3.05) is 34.0 Å². The summed E-state index contributed by atoms with van der Waals surface area (Å²) in [4.78, 5) is 37.8. The summed E-state index contributed by atoms with van der Waals surface area (Å²) < 4.78 is 21.6. The zero-order valence-corrected chi connectivity index (χ0v) is 22.4. The van der Waals surface area contributed by atoms with Crippen LogP contribution in [0.15, 0.2) is 65.0 Å². The average molecular weight is 537 g/mol. The molecule has 10 nitrogen and oxygen atoms in total. The summed E-state index contributed by atoms with van der Waals surface area (Å²) in [5, 5.41) is 14.5. The van der Waals surface area contributed by atoms with Crippen LogP contribution in [0.25, 0.3) is 0 Å². The highest BCUT2D eigenvalue weighted by atomic mass is 16.6. The van der Waals surface area contributed by atoms with Crippen molar-refractivity contribution in [1.82, 2.24) is 5.32 Å². The van der Waals surface area contributed by atoms with E-state index in [2.05, 4.69) is 5.32 Å². The van der Waals surface area contributed by atoms with Gasteiger partial charge in [-0.15, -0.1) is 0 Å². The molecule has 206 valence electrons. The van der Waals surface area contributed by atoms with E-state index in [0.29, 0.717) is 46.9 Å². The molecule has 0 aromatic heterocycles. The fraction of sp³-hybridized carbons (Fsp3) is 0.379. The van der Waals surface area contributed by atoms with Crippen molar-refractivity contribution in [3.05, 3.63) is 86.2 Å². The van der Waals surface area contributed by atoms with Gasteiger partial charge in [-0.05, 0) is 49.4 Å². The van der Waals surface area contributed by atoms with Crippen LogP contribution in [-0.4, -0.2) is 50.7 Å². The number of non-ortho nitro benzene ring substituents is 1. The number of carbonyl (C=O) groups is 2. The van der Waals surface area contributed by atoms with Gasteiger partial charge in [-0.3, -0.25) is 14.9 Å². The second kappa shape index (κ2) is 12.1. The summed E-state index contributed by atoms with van der Waals surface area (Å²) in [5.74, 6) is -0.336. The fourth-order valence-electron chi connectivity index (χ4n) is 5.19. The van der Waals surface area contributed by atoms with Gasteiger partial charge in [0.1, 0.15) is 6.61 Å². The molecule has 2 atom stereocenters. The lowest BCUT2D eigenvalue weighted by molar-refractivity contribution is -0.384. The Morgan fingerprint density at radius 1 is 1.03 bits per heavy atom. The molecule has 39 heavy (non-hydrogen) atoms. The zero-order chi connectivity index (χ0) is 28.1. The third kappa shape index (κ3) is 5.80. The smallest absolute Gasteiger partial charge is 0.336 e. The first-order chi connectivity index (χ1) is 18.8. The highest BCUT2D eigenvalue weighted by molar-refractivity contribution is 6.04. The Bertz CT molecular complexity index is 1330. The summed E-state index contributed by atoms with van der Waals surface area (Å²) in [7, 11) is 3.13. The summed E-state index contributed by atoms with van der Waals surface area (Å²) in [6, 6.07) is 11.6. The van der Waals surface area contributed by atoms with Crippen molar-refractivity contribution in [1.29, 1.82) is 0 Å². The molecule has 0 unspecified atom stereocenters. The Morgan fingerprint density at radius 2 is 1.72 bits per heavy atom. The molecule has 0 saturated carbocycles. The molecule has 1 aliphatic carbocycles. The van der Waals surface area contributed by atoms with Crippen LogP contribution in [0.3, 0.4) is 0 Å². The van der Waals surface area contributed by atoms with Crippen LogP contribution in [0, 0.1) is 10.1 Å². The summed E-state index contributed by atoms with van der Waals surface area (Å²) >= 11 is 0. The van der Waals surface area contributed by atoms with E-state index in [0.717, 1.165) is 11.3 Å². The molecule has 10 heteroatoms. The van der Waals surface area contributed by atoms with Gasteiger partial charge in [0, 0.05) is 48.0 Å². The van der Waals surface area contributed by atoms with E-state index in [4.69, 9.17) is 18.9 Å². The summed E-state index contributed by atoms with van der Waals surface area (Å²) in [5.41, 5.74) is 3.52. The zero-order valence-electron chi connectivity index (χ0n) is 22.4. The Kier molecular flexibility index (Phi) is 8.65. The van der Waals surface area contributed by atoms with Crippen molar-refractivity contribution < 1.29 is 33.5 Å². The van der Waals surface area contributed by atoms with E-state index in [1.807, 2.05) is 25.1 Å². The van der Waals surface area contributed by atoms with Gasteiger partial charge in [0.2, 0.25) is 0 Å². The molecule has 2 aromatic carbocycles. The third-order valence-electron chi connectivity index (χ3n) is 7.03. The molecule has 1 N–H and O–H groups in total. The summed E-state index contributed by atoms with van der Waals surface area (Å²) in [6.45, 7) is 4.44. The molecule has 0 fully saturated rings. The first-order valence-corrected chi connectivity index (χ1v) is 12.7. The van der Waals surface area contributed by atoms with Gasteiger partial charge in [0.25, 0.3) is 5.69 Å². The van der Waals surface area contributed by atoms with Gasteiger partial charge in [-0.2, -0.15) is 0 Å². The van der Waals surface area contributed by atoms with Crippen molar-refractivity contribution in [3.8, 4) is 11.5 Å². The number of hydrogen-bond donors (Lipinski definition) is 1. The van der Waals surface area contributed by atoms with Gasteiger partial charge >= 0.3 is 5.97 Å². The number of esters is 1. The number of nitrogens with one attached hydrogen (secondary N) is 1. The summed E-state index contributed by atoms with van der Waals surface area (Å²) in [6.07, 6.45) is 0.759. The maximum Gasteiger partial charge on any atom is 0.336 e. The molecule has 0 bridgehead atoms. The number of benzene rings is 2. The average Bonchev–Trinajstić information content (AvgIpc) is 2.94. The number of Topliss-reactive ketones (excluding diaryl/α,β-unsaturated/α-hetero) is 1. The molecule has 2 aliphatic rings. The van der Waals surface area contributed by atoms with E-state index in [9.17, 15) is 19.7 Å². The number of allylic oxidation sites excluding steroid dienone is 3. The number of methoxy groups -OCH3 is 2. The number of carbonyl (C=O) groups excluding carboxylic acids is 2. The van der Waals surface area contributed by atoms with Crippen molar-refractivity contribution in [2.45, 2.75) is 38.5 Å². The van der Waals surface area contributed by atoms with Gasteiger partial charge in [-0.1, -0.05) is 18.2 Å². The van der Waals surface area contributed by atoms with Gasteiger partial charge in [0.15, 0.2) is 17.3 Å². The van der Waals surface area contributed by atoms with Gasteiger partial charge < -0.3 is 24.3 Å². The lowest BCUT2D eigenvalue weighted by Crippen LogP contribution is -2.36. The van der Waals surface area contributed by atoms with E-state index in [-0.39, 0.29) is 37.0 Å². The quantitative estimate of drug-likeness (QED) is 0.201. The Hall–Kier alpha value is -4.18. The number of nitro groups is 1. The van der Waals surface area contributed by atoms with Crippen molar-refractivity contribution in [2.24, 2.45) is 0 Å². The number of nitro benzene ring substituents is 1. The first-order valence-electron chi connectivity index (χ1n) is 12.7. The Morgan fingerprint density at radius 3 is 2.36 bits per heavy atom. The molecule has 1 heterocycles. The Labute approximate surface area is 226 Å². The van der Waals surface area contributed by atoms with Gasteiger partial charge in [0.05, 0.1) is 31.3 Å². The number of dihydropyridines is 1. The largest absolute Gasteiger partial charge is 0.493 e. The van der Waals surface area contributed by atoms with Crippen molar-refractivity contribution in [3.63, 3.8) is 0 Å². The van der Waals surface area contributed by atoms with Crippen LogP contribution in [-0.2, 0) is 19.1 Å². The Balaban J connectivity index is 1.72. The monoisotopic (exact) mass is 536 g/mol. The fourth-order valence-corrected chi connectivity index (χ4v) is 5.19. The number of nitrogens with zero attached hydrogens (tertiary/aromatic N) is 1. The molecule has 1 aliphatic heterocycles. The second-order valence-corrected chi connectivity index (χ2v) is 9.31. The SMILES string of the molecule is CCOCCOC(=O)C1=C(C)NC2=C(C(=O)C[C@@H](c3ccc(OC)c(OC)c3)C2)[C@@H]1c1ccc([N+](=O)[O-])cc1. The van der Waals surface area contributed by atoms with Crippen LogP contribution in [0.2, 0.25) is 0 Å². The second-order valence-electron chi connectivity index (χ2n) is 9.31. The van der Waals surface area contributed by atoms with Crippen LogP contribution in [0.1, 0.15) is 49.7 Å². The number of hydrogen-bond acceptors (Lipinski definition) is 9. The standard InChI is InChI=1S/C29H32N2O8/c1-5-38-12-13-39-29(33)26-17(2)30-22-14-20(19-8-11-24(36-3)25(16-19)37-4)15-23(32)28(22)27(26)18-6-9-21(10-7-18)31(34)35/h6-11,16,20,27,30H,5,12-15H2,1-4H3/t20-,27+/m0/s1. The highest BCUT2D eigenvalue weighted by Crippen LogP contribution is 2.46. The molecule has 0 spiro atoms. The lowest BCUT2D eigenvalue weighted by Gasteiger charge is -2.36. The topological polar surface area (TPSA) is 126 Å². The minimum atomic E-state index is -0.722. The molecule has 0 amide bonds. The molecule has 2 aromatic rings. The molecular formula is C29H32N2O8. The molecular weight excluding hydrogens is 504 g/mol. The third-order valence-corrected chi connectivity index (χ3v) is 7.03. The van der Waals surface area contributed by atoms with E-state index in [1.54, 1.807) is 33.3 Å². The molecule has 0 radical (unpaired) electrons. The first kappa shape index (κ1) is 27.8. The predicted molar refractivity (Wildman–Crippen MR) is 143 cm³/mol. The van der Waals surface area contributed by atoms with E-state index >= 15 is 0 Å². The van der Waals surface area contributed by atoms with Crippen LogP contribution < -0.4 is 14.8 Å². The number of rotatable bonds is 10. The minimum Gasteiger partial charge on any atom is -0.493 e. The van der Waals surface area contributed by atoms with Crippen LogP contribution in [0.5, 0.6) is 11.5 Å². The highest BCUT2D eigenvalue weighted by Gasteiger charge is 2.41. The van der Waals surface area contributed by atoms with E-state index in [1.165, 1.54) is 12.1 Å². The normalized spacial score (nSPS) is 18.8. The molecule has 0 saturated heterocycles. The van der Waals surface area contributed by atoms with Crippen molar-refractivity contribution >= 4 is 17.4 Å². The number of ketones is 1. The maximum absolute atomic E-state index is 13.8.